The summed E-state index contributed by atoms with van der Waals surface area (Å²) in [6.07, 6.45) is 2.67. The van der Waals surface area contributed by atoms with Crippen LogP contribution in [-0.4, -0.2) is 4.57 Å². The van der Waals surface area contributed by atoms with Crippen molar-refractivity contribution in [3.8, 4) is 27.9 Å². The van der Waals surface area contributed by atoms with Crippen LogP contribution >= 0.6 is 0 Å². The van der Waals surface area contributed by atoms with Crippen LogP contribution in [0.5, 0.6) is 0 Å². The number of rotatable bonds is 9. The minimum absolute atomic E-state index is 0.371. The van der Waals surface area contributed by atoms with Gasteiger partial charge >= 0.3 is 0 Å². The topological polar surface area (TPSA) is 56.1 Å². The number of furan rings is 1. The first-order valence-corrected chi connectivity index (χ1v) is 19.1. The van der Waals surface area contributed by atoms with E-state index in [-0.39, 0.29) is 6.17 Å². The summed E-state index contributed by atoms with van der Waals surface area (Å²) < 4.78 is 8.75. The van der Waals surface area contributed by atoms with E-state index in [1.807, 2.05) is 30.3 Å². The second kappa shape index (κ2) is 14.3. The largest absolute Gasteiger partial charge is 0.455 e. The summed E-state index contributed by atoms with van der Waals surface area (Å²) in [6, 6.07) is 68.4. The fourth-order valence-corrected chi connectivity index (χ4v) is 8.14. The third-order valence-electron chi connectivity index (χ3n) is 10.9. The molecule has 0 saturated heterocycles. The second-order valence-electron chi connectivity index (χ2n) is 14.3. The molecule has 2 aromatic heterocycles. The molecule has 2 heterocycles. The van der Waals surface area contributed by atoms with Crippen molar-refractivity contribution in [1.29, 1.82) is 0 Å². The van der Waals surface area contributed by atoms with E-state index < -0.39 is 0 Å². The van der Waals surface area contributed by atoms with Crippen LogP contribution in [0.4, 0.5) is 0 Å². The van der Waals surface area contributed by atoms with Gasteiger partial charge in [0.1, 0.15) is 17.3 Å². The zero-order chi connectivity index (χ0) is 37.4. The maximum atomic E-state index is 6.81. The fraction of sp³-hybridized carbons (Fsp3) is 0.0385. The van der Waals surface area contributed by atoms with E-state index in [9.17, 15) is 0 Å². The molecule has 56 heavy (non-hydrogen) atoms. The molecule has 10 rings (SSSR count). The molecule has 0 aliphatic carbocycles. The molecule has 0 spiro atoms. The second-order valence-corrected chi connectivity index (χ2v) is 14.3. The summed E-state index contributed by atoms with van der Waals surface area (Å²) in [4.78, 5) is 0. The van der Waals surface area contributed by atoms with E-state index in [1.165, 1.54) is 21.9 Å². The molecule has 10 aromatic rings. The highest BCUT2D eigenvalue weighted by molar-refractivity contribution is 6.11. The first-order valence-electron chi connectivity index (χ1n) is 19.1. The van der Waals surface area contributed by atoms with Gasteiger partial charge in [0.25, 0.3) is 0 Å². The molecular weight excluding hydrogens is 683 g/mol. The number of nitrogens with zero attached hydrogens (tertiary/aromatic N) is 1. The monoisotopic (exact) mass is 721 g/mol. The summed E-state index contributed by atoms with van der Waals surface area (Å²) in [5.74, 6) is 0. The van der Waals surface area contributed by atoms with Crippen molar-refractivity contribution < 1.29 is 4.42 Å². The van der Waals surface area contributed by atoms with E-state index in [1.54, 1.807) is 0 Å². The zero-order valence-corrected chi connectivity index (χ0v) is 30.8. The van der Waals surface area contributed by atoms with Gasteiger partial charge in [-0.2, -0.15) is 0 Å². The number of hydrogen-bond donors (Lipinski definition) is 2. The Hall–Kier alpha value is -7.14. The van der Waals surface area contributed by atoms with Crippen molar-refractivity contribution >= 4 is 49.4 Å². The minimum atomic E-state index is -0.371. The van der Waals surface area contributed by atoms with Gasteiger partial charge in [0.2, 0.25) is 0 Å². The highest BCUT2D eigenvalue weighted by Gasteiger charge is 2.18. The normalized spacial score (nSPS) is 12.5. The quantitative estimate of drug-likeness (QED) is 0.146. The van der Waals surface area contributed by atoms with Crippen LogP contribution in [0.15, 0.2) is 205 Å². The van der Waals surface area contributed by atoms with Gasteiger partial charge in [-0.3, -0.25) is 0 Å². The van der Waals surface area contributed by atoms with E-state index in [2.05, 4.69) is 180 Å². The number of hydrogen-bond acceptors (Lipinski definition) is 3. The lowest BCUT2D eigenvalue weighted by Gasteiger charge is -2.21. The van der Waals surface area contributed by atoms with Crippen LogP contribution in [0.3, 0.4) is 0 Å². The molecule has 0 radical (unpaired) electrons. The number of allylic oxidation sites excluding steroid dienone is 1. The molecule has 0 aliphatic rings. The molecule has 3 N–H and O–H groups in total. The SMILES string of the molecule is NC(N/C(=C\Cc1ccccc1)c1ccccc1-c1ccc2c(c1)c1ccccc1n2-c1ccc(-c2cccc3c2oc2ccccc23)cc1)c1ccccc1. The number of para-hydroxylation sites is 3. The Morgan fingerprint density at radius 1 is 0.554 bits per heavy atom. The molecule has 0 saturated carbocycles. The average molecular weight is 722 g/mol. The standard InChI is InChI=1S/C52H39N3O/c53-52(37-16-5-2-6-17-37)54-47(32-26-35-14-3-1-4-15-35)42-19-8-7-18-40(42)38-29-33-49-46(34-38)43-20-9-11-24-48(43)55(49)39-30-27-36(28-31-39)41-22-13-23-45-44-21-10-12-25-50(44)56-51(41)45/h1-25,27-34,52,54H,26,53H2/b47-32-. The number of nitrogens with one attached hydrogen (secondary N) is 1. The molecule has 4 nitrogen and oxygen atoms in total. The molecule has 0 aliphatic heterocycles. The fourth-order valence-electron chi connectivity index (χ4n) is 8.14. The molecule has 268 valence electrons. The minimum Gasteiger partial charge on any atom is -0.455 e. The highest BCUT2D eigenvalue weighted by Crippen LogP contribution is 2.39. The van der Waals surface area contributed by atoms with Gasteiger partial charge in [-0.25, -0.2) is 0 Å². The van der Waals surface area contributed by atoms with Crippen molar-refractivity contribution in [3.63, 3.8) is 0 Å². The van der Waals surface area contributed by atoms with E-state index in [0.717, 1.165) is 78.6 Å². The molecule has 8 aromatic carbocycles. The van der Waals surface area contributed by atoms with Crippen LogP contribution in [-0.2, 0) is 6.42 Å². The summed E-state index contributed by atoms with van der Waals surface area (Å²) >= 11 is 0. The van der Waals surface area contributed by atoms with Gasteiger partial charge in [0.15, 0.2) is 0 Å². The number of fused-ring (bicyclic) bond motifs is 6. The Morgan fingerprint density at radius 3 is 2.04 bits per heavy atom. The van der Waals surface area contributed by atoms with Gasteiger partial charge in [-0.05, 0) is 70.6 Å². The molecule has 0 bridgehead atoms. The van der Waals surface area contributed by atoms with Gasteiger partial charge < -0.3 is 20.0 Å². The Labute approximate surface area is 325 Å². The lowest BCUT2D eigenvalue weighted by atomic mass is 9.95. The zero-order valence-electron chi connectivity index (χ0n) is 30.8. The van der Waals surface area contributed by atoms with Crippen molar-refractivity contribution in [2.45, 2.75) is 12.6 Å². The molecule has 0 fully saturated rings. The van der Waals surface area contributed by atoms with Crippen LogP contribution in [0.2, 0.25) is 0 Å². The third-order valence-corrected chi connectivity index (χ3v) is 10.9. The highest BCUT2D eigenvalue weighted by atomic mass is 16.3. The van der Waals surface area contributed by atoms with Gasteiger partial charge in [0.05, 0.1) is 11.0 Å². The Bertz CT molecular complexity index is 3030. The first kappa shape index (κ1) is 33.4. The van der Waals surface area contributed by atoms with Gasteiger partial charge in [-0.15, -0.1) is 0 Å². The molecule has 1 unspecified atom stereocenters. The number of nitrogens with two attached hydrogens (primary N) is 1. The predicted molar refractivity (Wildman–Crippen MR) is 234 cm³/mol. The average Bonchev–Trinajstić information content (AvgIpc) is 3.81. The summed E-state index contributed by atoms with van der Waals surface area (Å²) in [5, 5.41) is 8.37. The van der Waals surface area contributed by atoms with Crippen LogP contribution in [0, 0.1) is 0 Å². The van der Waals surface area contributed by atoms with E-state index in [4.69, 9.17) is 10.2 Å². The predicted octanol–water partition coefficient (Wildman–Crippen LogP) is 12.8. The molecule has 0 amide bonds. The van der Waals surface area contributed by atoms with Crippen molar-refractivity contribution in [1.82, 2.24) is 9.88 Å². The van der Waals surface area contributed by atoms with E-state index >= 15 is 0 Å². The van der Waals surface area contributed by atoms with Gasteiger partial charge in [-0.1, -0.05) is 164 Å². The van der Waals surface area contributed by atoms with Crippen molar-refractivity contribution in [2.75, 3.05) is 0 Å². The summed E-state index contributed by atoms with van der Waals surface area (Å²) in [6.45, 7) is 0. The Balaban J connectivity index is 1.05. The first-order chi connectivity index (χ1) is 27.7. The van der Waals surface area contributed by atoms with Crippen LogP contribution < -0.4 is 11.1 Å². The Morgan fingerprint density at radius 2 is 1.20 bits per heavy atom. The lowest BCUT2D eigenvalue weighted by molar-refractivity contribution is 0.666. The molecule has 1 atom stereocenters. The maximum Gasteiger partial charge on any atom is 0.143 e. The van der Waals surface area contributed by atoms with Crippen molar-refractivity contribution in [2.24, 2.45) is 5.73 Å². The van der Waals surface area contributed by atoms with Crippen LogP contribution in [0.25, 0.3) is 77.4 Å². The third kappa shape index (κ3) is 6.03. The number of benzene rings is 8. The van der Waals surface area contributed by atoms with Crippen LogP contribution in [0.1, 0.15) is 22.9 Å². The lowest BCUT2D eigenvalue weighted by Crippen LogP contribution is -2.27. The van der Waals surface area contributed by atoms with Crippen molar-refractivity contribution in [3.05, 3.63) is 217 Å². The summed E-state index contributed by atoms with van der Waals surface area (Å²) in [7, 11) is 0. The maximum absolute atomic E-state index is 6.81. The van der Waals surface area contributed by atoms with Gasteiger partial charge in [0, 0.05) is 44.1 Å². The molecule has 4 heteroatoms. The summed E-state index contributed by atoms with van der Waals surface area (Å²) in [5.41, 5.74) is 20.9. The Kier molecular flexibility index (Phi) is 8.51. The number of aromatic nitrogens is 1. The smallest absolute Gasteiger partial charge is 0.143 e. The molecular formula is C52H39N3O. The van der Waals surface area contributed by atoms with E-state index in [0.29, 0.717) is 0 Å².